The average molecular weight is 430 g/mol. The van der Waals surface area contributed by atoms with Crippen molar-refractivity contribution < 1.29 is 19.0 Å². The van der Waals surface area contributed by atoms with Gasteiger partial charge in [0, 0.05) is 13.1 Å². The van der Waals surface area contributed by atoms with Gasteiger partial charge in [-0.2, -0.15) is 5.10 Å². The summed E-state index contributed by atoms with van der Waals surface area (Å²) in [5.74, 6) is 1.49. The van der Waals surface area contributed by atoms with Crippen LogP contribution in [0.15, 0.2) is 31.0 Å². The molecular formula is C22H31N5O4. The summed E-state index contributed by atoms with van der Waals surface area (Å²) in [6, 6.07) is 3.80. The number of aromatic nitrogens is 4. The molecule has 4 rings (SSSR count). The molecule has 0 atom stereocenters. The van der Waals surface area contributed by atoms with Crippen LogP contribution in [0.25, 0.3) is 5.82 Å². The van der Waals surface area contributed by atoms with Gasteiger partial charge in [0.25, 0.3) is 0 Å². The van der Waals surface area contributed by atoms with Gasteiger partial charge in [-0.15, -0.1) is 0 Å². The zero-order valence-corrected chi connectivity index (χ0v) is 18.2. The molecule has 9 heteroatoms. The third-order valence-electron chi connectivity index (χ3n) is 5.72. The second kappa shape index (κ2) is 10.1. The van der Waals surface area contributed by atoms with E-state index < -0.39 is 0 Å². The molecule has 0 aromatic carbocycles. The molecule has 1 aliphatic carbocycles. The largest absolute Gasteiger partial charge is 0.489 e. The van der Waals surface area contributed by atoms with Crippen LogP contribution in [0.3, 0.4) is 0 Å². The second-order valence-electron chi connectivity index (χ2n) is 8.46. The molecule has 31 heavy (non-hydrogen) atoms. The maximum absolute atomic E-state index is 12.0. The first-order valence-corrected chi connectivity index (χ1v) is 11.2. The van der Waals surface area contributed by atoms with Crippen LogP contribution in [0.5, 0.6) is 5.75 Å². The number of carbonyl (C=O) groups is 1. The van der Waals surface area contributed by atoms with E-state index in [9.17, 15) is 4.79 Å². The maximum Gasteiger partial charge on any atom is 0.410 e. The fraction of sp³-hybridized carbons (Fsp3) is 0.636. The van der Waals surface area contributed by atoms with Gasteiger partial charge in [0.05, 0.1) is 30.6 Å². The van der Waals surface area contributed by atoms with Gasteiger partial charge in [-0.1, -0.05) is 0 Å². The number of ether oxygens (including phenoxy) is 3. The quantitative estimate of drug-likeness (QED) is 0.695. The monoisotopic (exact) mass is 429 g/mol. The van der Waals surface area contributed by atoms with Gasteiger partial charge in [-0.05, 0) is 64.5 Å². The number of hydrogen-bond donors (Lipinski definition) is 0. The highest BCUT2D eigenvalue weighted by atomic mass is 16.6. The molecule has 1 amide bonds. The molecule has 1 saturated heterocycles. The van der Waals surface area contributed by atoms with Gasteiger partial charge in [-0.25, -0.2) is 19.4 Å². The lowest BCUT2D eigenvalue weighted by Crippen LogP contribution is -2.43. The highest BCUT2D eigenvalue weighted by Gasteiger charge is 2.29. The van der Waals surface area contributed by atoms with E-state index in [4.69, 9.17) is 14.2 Å². The molecule has 2 aliphatic rings. The Bertz CT molecular complexity index is 811. The number of rotatable bonds is 6. The normalized spacial score (nSPS) is 22.5. The van der Waals surface area contributed by atoms with Crippen LogP contribution in [-0.4, -0.2) is 68.2 Å². The van der Waals surface area contributed by atoms with E-state index in [1.807, 2.05) is 26.0 Å². The van der Waals surface area contributed by atoms with Crippen molar-refractivity contribution in [2.24, 2.45) is 0 Å². The fourth-order valence-corrected chi connectivity index (χ4v) is 4.11. The lowest BCUT2D eigenvalue weighted by molar-refractivity contribution is -0.0656. The van der Waals surface area contributed by atoms with E-state index in [1.165, 1.54) is 6.33 Å². The molecule has 2 fully saturated rings. The molecule has 1 saturated carbocycles. The number of hydrogen-bond acceptors (Lipinski definition) is 7. The van der Waals surface area contributed by atoms with Crippen molar-refractivity contribution in [3.05, 3.63) is 31.0 Å². The predicted octanol–water partition coefficient (Wildman–Crippen LogP) is 3.38. The fourth-order valence-electron chi connectivity index (χ4n) is 4.11. The first kappa shape index (κ1) is 21.5. The molecule has 2 aromatic rings. The van der Waals surface area contributed by atoms with Crippen LogP contribution in [0, 0.1) is 0 Å². The van der Waals surface area contributed by atoms with Crippen molar-refractivity contribution in [3.63, 3.8) is 0 Å². The van der Waals surface area contributed by atoms with Crippen LogP contribution in [-0.2, 0) is 9.47 Å². The van der Waals surface area contributed by atoms with Crippen LogP contribution >= 0.6 is 0 Å². The summed E-state index contributed by atoms with van der Waals surface area (Å²) in [5, 5.41) is 4.07. The van der Waals surface area contributed by atoms with Crippen LogP contribution < -0.4 is 4.74 Å². The SMILES string of the molecule is CC(C)OC(=O)N1CCC(OC2CCC(Oc3ccc(-n4cncn4)nc3)CC2)CC1. The van der Waals surface area contributed by atoms with Crippen LogP contribution in [0.1, 0.15) is 52.4 Å². The van der Waals surface area contributed by atoms with Crippen molar-refractivity contribution in [2.75, 3.05) is 13.1 Å². The van der Waals surface area contributed by atoms with E-state index in [-0.39, 0.29) is 30.5 Å². The number of piperidine rings is 1. The molecule has 1 aliphatic heterocycles. The first-order valence-electron chi connectivity index (χ1n) is 11.2. The molecular weight excluding hydrogens is 398 g/mol. The number of carbonyl (C=O) groups excluding carboxylic acids is 1. The summed E-state index contributed by atoms with van der Waals surface area (Å²) in [4.78, 5) is 22.1. The minimum Gasteiger partial charge on any atom is -0.489 e. The van der Waals surface area contributed by atoms with E-state index in [0.717, 1.165) is 44.3 Å². The molecule has 0 N–H and O–H groups in total. The first-order chi connectivity index (χ1) is 15.1. The van der Waals surface area contributed by atoms with E-state index >= 15 is 0 Å². The van der Waals surface area contributed by atoms with E-state index in [1.54, 1.807) is 22.1 Å². The maximum atomic E-state index is 12.0. The van der Waals surface area contributed by atoms with E-state index in [0.29, 0.717) is 18.9 Å². The molecule has 0 unspecified atom stereocenters. The van der Waals surface area contributed by atoms with Crippen molar-refractivity contribution in [3.8, 4) is 11.6 Å². The minimum absolute atomic E-state index is 0.0821. The Kier molecular flexibility index (Phi) is 7.01. The Balaban J connectivity index is 1.16. The van der Waals surface area contributed by atoms with Crippen molar-refractivity contribution in [2.45, 2.75) is 76.8 Å². The van der Waals surface area contributed by atoms with Crippen molar-refractivity contribution in [1.29, 1.82) is 0 Å². The van der Waals surface area contributed by atoms with Gasteiger partial charge in [0.2, 0.25) is 0 Å². The standard InChI is InChI=1S/C22H31N5O4/c1-16(2)29-22(28)26-11-9-19(10-12-26)30-17-3-5-18(6-4-17)31-20-7-8-21(24-13-20)27-15-23-14-25-27/h7-8,13-19H,3-6,9-12H2,1-2H3. The number of amides is 1. The Morgan fingerprint density at radius 3 is 2.35 bits per heavy atom. The molecule has 0 spiro atoms. The van der Waals surface area contributed by atoms with Crippen LogP contribution in [0.2, 0.25) is 0 Å². The molecule has 2 aromatic heterocycles. The van der Waals surface area contributed by atoms with Crippen molar-refractivity contribution >= 4 is 6.09 Å². The molecule has 0 bridgehead atoms. The number of nitrogens with zero attached hydrogens (tertiary/aromatic N) is 5. The highest BCUT2D eigenvalue weighted by molar-refractivity contribution is 5.67. The van der Waals surface area contributed by atoms with Gasteiger partial charge < -0.3 is 19.1 Å². The Morgan fingerprint density at radius 1 is 1.03 bits per heavy atom. The zero-order valence-electron chi connectivity index (χ0n) is 18.2. The summed E-state index contributed by atoms with van der Waals surface area (Å²) in [7, 11) is 0. The van der Waals surface area contributed by atoms with E-state index in [2.05, 4.69) is 15.1 Å². The topological polar surface area (TPSA) is 91.6 Å². The molecule has 168 valence electrons. The third-order valence-corrected chi connectivity index (χ3v) is 5.72. The smallest absolute Gasteiger partial charge is 0.410 e. The average Bonchev–Trinajstić information content (AvgIpc) is 3.31. The van der Waals surface area contributed by atoms with Gasteiger partial charge in [-0.3, -0.25) is 0 Å². The van der Waals surface area contributed by atoms with Gasteiger partial charge in [0.15, 0.2) is 5.82 Å². The summed E-state index contributed by atoms with van der Waals surface area (Å²) in [5.41, 5.74) is 0. The number of likely N-dealkylation sites (tertiary alicyclic amines) is 1. The summed E-state index contributed by atoms with van der Waals surface area (Å²) < 4.78 is 19.3. The second-order valence-corrected chi connectivity index (χ2v) is 8.46. The summed E-state index contributed by atoms with van der Waals surface area (Å²) in [6.45, 7) is 5.15. The highest BCUT2D eigenvalue weighted by Crippen LogP contribution is 2.28. The summed E-state index contributed by atoms with van der Waals surface area (Å²) in [6.07, 6.45) is 10.9. The Morgan fingerprint density at radius 2 is 1.74 bits per heavy atom. The zero-order chi connectivity index (χ0) is 21.6. The minimum atomic E-state index is -0.213. The Hall–Kier alpha value is -2.68. The lowest BCUT2D eigenvalue weighted by atomic mass is 9.94. The molecule has 9 nitrogen and oxygen atoms in total. The lowest BCUT2D eigenvalue weighted by Gasteiger charge is -2.36. The van der Waals surface area contributed by atoms with Gasteiger partial charge >= 0.3 is 6.09 Å². The van der Waals surface area contributed by atoms with Gasteiger partial charge in [0.1, 0.15) is 18.4 Å². The predicted molar refractivity (Wildman–Crippen MR) is 113 cm³/mol. The molecule has 3 heterocycles. The summed E-state index contributed by atoms with van der Waals surface area (Å²) >= 11 is 0. The van der Waals surface area contributed by atoms with Crippen molar-refractivity contribution in [1.82, 2.24) is 24.6 Å². The molecule has 0 radical (unpaired) electrons. The van der Waals surface area contributed by atoms with Crippen LogP contribution in [0.4, 0.5) is 4.79 Å². The Labute approximate surface area is 182 Å². The number of pyridine rings is 1. The third kappa shape index (κ3) is 5.94.